The molecular formula is C29H34O4Si. The molecule has 0 spiro atoms. The van der Waals surface area contributed by atoms with Crippen molar-refractivity contribution in [2.24, 2.45) is 5.92 Å². The van der Waals surface area contributed by atoms with Crippen molar-refractivity contribution < 1.29 is 19.1 Å². The summed E-state index contributed by atoms with van der Waals surface area (Å²) in [5, 5.41) is 10.5. The zero-order valence-corrected chi connectivity index (χ0v) is 21.8. The van der Waals surface area contributed by atoms with Crippen molar-refractivity contribution in [3.63, 3.8) is 0 Å². The van der Waals surface area contributed by atoms with Crippen LogP contribution in [-0.2, 0) is 4.79 Å². The molecule has 5 heteroatoms. The molecule has 1 aliphatic rings. The van der Waals surface area contributed by atoms with Gasteiger partial charge in [-0.15, -0.1) is 0 Å². The maximum absolute atomic E-state index is 12.7. The molecule has 0 amide bonds. The van der Waals surface area contributed by atoms with Crippen LogP contribution in [0.3, 0.4) is 0 Å². The molecule has 0 fully saturated rings. The lowest BCUT2D eigenvalue weighted by Gasteiger charge is -2.36. The molecule has 0 aromatic heterocycles. The van der Waals surface area contributed by atoms with E-state index < -0.39 is 20.2 Å². The average Bonchev–Trinajstić information content (AvgIpc) is 3.14. The van der Waals surface area contributed by atoms with Gasteiger partial charge in [0.1, 0.15) is 11.5 Å². The summed E-state index contributed by atoms with van der Waals surface area (Å²) in [6.07, 6.45) is 0. The number of aliphatic carboxylic acids is 1. The van der Waals surface area contributed by atoms with Crippen molar-refractivity contribution in [2.75, 3.05) is 7.11 Å². The van der Waals surface area contributed by atoms with E-state index in [-0.39, 0.29) is 16.9 Å². The summed E-state index contributed by atoms with van der Waals surface area (Å²) in [4.78, 5) is 12.7. The maximum atomic E-state index is 12.7. The van der Waals surface area contributed by atoms with Crippen LogP contribution in [0.25, 0.3) is 0 Å². The van der Waals surface area contributed by atoms with Crippen LogP contribution < -0.4 is 9.16 Å². The molecule has 4 rings (SSSR count). The lowest BCUT2D eigenvalue weighted by atomic mass is 9.79. The van der Waals surface area contributed by atoms with Gasteiger partial charge in [0, 0.05) is 11.8 Å². The lowest BCUT2D eigenvalue weighted by Crippen LogP contribution is -2.43. The fourth-order valence-corrected chi connectivity index (χ4v) is 5.75. The van der Waals surface area contributed by atoms with Gasteiger partial charge >= 0.3 is 5.97 Å². The molecule has 0 heterocycles. The summed E-state index contributed by atoms with van der Waals surface area (Å²) in [6, 6.07) is 24.0. The smallest absolute Gasteiger partial charge is 0.308 e. The number of benzene rings is 3. The Morgan fingerprint density at radius 2 is 1.24 bits per heavy atom. The quantitative estimate of drug-likeness (QED) is 0.389. The first-order valence-electron chi connectivity index (χ1n) is 11.8. The van der Waals surface area contributed by atoms with Crippen LogP contribution in [0.15, 0.2) is 72.8 Å². The number of hydrogen-bond acceptors (Lipinski definition) is 3. The van der Waals surface area contributed by atoms with Gasteiger partial charge in [-0.1, -0.05) is 69.3 Å². The van der Waals surface area contributed by atoms with E-state index >= 15 is 0 Å². The van der Waals surface area contributed by atoms with Crippen LogP contribution >= 0.6 is 0 Å². The molecule has 0 saturated carbocycles. The van der Waals surface area contributed by atoms with Crippen molar-refractivity contribution in [1.82, 2.24) is 0 Å². The molecule has 0 aliphatic heterocycles. The third kappa shape index (κ3) is 4.37. The molecule has 1 N–H and O–H groups in total. The Balaban J connectivity index is 1.73. The third-order valence-corrected chi connectivity index (χ3v) is 11.9. The number of fused-ring (bicyclic) bond motifs is 1. The number of carboxylic acids is 1. The van der Waals surface area contributed by atoms with E-state index in [1.165, 1.54) is 0 Å². The number of carboxylic acid groups (broad SMARTS) is 1. The predicted octanol–water partition coefficient (Wildman–Crippen LogP) is 7.06. The zero-order valence-electron chi connectivity index (χ0n) is 20.8. The van der Waals surface area contributed by atoms with Gasteiger partial charge in [-0.25, -0.2) is 0 Å². The standard InChI is InChI=1S/C29H34O4Si/c1-29(2,3)34(5,6)33-22-17-13-20(14-18-22)26-24-10-8-7-9-23(24)25(27(26)28(30)31)19-11-15-21(32-4)16-12-19/h7-18,25-27H,1-6H3,(H,30,31). The van der Waals surface area contributed by atoms with Crippen LogP contribution in [0.5, 0.6) is 11.5 Å². The fraction of sp³-hybridized carbons (Fsp3) is 0.345. The monoisotopic (exact) mass is 474 g/mol. The SMILES string of the molecule is COc1ccc(C2c3ccccc3C(c3ccc(O[Si](C)(C)C(C)(C)C)cc3)C2C(=O)O)cc1. The second-order valence-corrected chi connectivity index (χ2v) is 15.4. The third-order valence-electron chi connectivity index (χ3n) is 7.56. The van der Waals surface area contributed by atoms with Crippen molar-refractivity contribution in [3.8, 4) is 11.5 Å². The average molecular weight is 475 g/mol. The minimum atomic E-state index is -1.95. The molecule has 1 aliphatic carbocycles. The molecule has 3 atom stereocenters. The molecule has 0 bridgehead atoms. The van der Waals surface area contributed by atoms with Gasteiger partial charge in [-0.3, -0.25) is 4.79 Å². The summed E-state index contributed by atoms with van der Waals surface area (Å²) in [5.74, 6) is -0.243. The zero-order chi connectivity index (χ0) is 24.7. The first-order chi connectivity index (χ1) is 16.0. The molecule has 0 radical (unpaired) electrons. The Morgan fingerprint density at radius 1 is 0.794 bits per heavy atom. The van der Waals surface area contributed by atoms with Gasteiger partial charge in [-0.2, -0.15) is 0 Å². The Labute approximate surface area is 203 Å². The molecule has 178 valence electrons. The molecule has 3 aromatic carbocycles. The Kier molecular flexibility index (Phi) is 6.34. The normalized spacial score (nSPS) is 20.0. The number of carbonyl (C=O) groups is 1. The fourth-order valence-electron chi connectivity index (χ4n) is 4.72. The van der Waals surface area contributed by atoms with Gasteiger partial charge in [0.25, 0.3) is 0 Å². The molecule has 4 nitrogen and oxygen atoms in total. The first kappa shape index (κ1) is 24.1. The Hall–Kier alpha value is -3.05. The van der Waals surface area contributed by atoms with Crippen LogP contribution in [0.2, 0.25) is 18.1 Å². The van der Waals surface area contributed by atoms with E-state index in [1.807, 2.05) is 60.7 Å². The highest BCUT2D eigenvalue weighted by Crippen LogP contribution is 2.52. The van der Waals surface area contributed by atoms with Crippen LogP contribution in [0.1, 0.15) is 54.9 Å². The highest BCUT2D eigenvalue weighted by Gasteiger charge is 2.46. The number of methoxy groups -OCH3 is 1. The van der Waals surface area contributed by atoms with Crippen molar-refractivity contribution in [1.29, 1.82) is 0 Å². The van der Waals surface area contributed by atoms with Gasteiger partial charge in [0.15, 0.2) is 0 Å². The predicted molar refractivity (Wildman–Crippen MR) is 139 cm³/mol. The highest BCUT2D eigenvalue weighted by atomic mass is 28.4. The molecule has 3 unspecified atom stereocenters. The molecular weight excluding hydrogens is 440 g/mol. The number of hydrogen-bond donors (Lipinski definition) is 1. The van der Waals surface area contributed by atoms with E-state index in [1.54, 1.807) is 7.11 Å². The summed E-state index contributed by atoms with van der Waals surface area (Å²) < 4.78 is 11.8. The van der Waals surface area contributed by atoms with E-state index in [0.717, 1.165) is 33.8 Å². The summed E-state index contributed by atoms with van der Waals surface area (Å²) in [6.45, 7) is 11.1. The maximum Gasteiger partial charge on any atom is 0.308 e. The van der Waals surface area contributed by atoms with Crippen LogP contribution in [0.4, 0.5) is 0 Å². The summed E-state index contributed by atoms with van der Waals surface area (Å²) >= 11 is 0. The van der Waals surface area contributed by atoms with Gasteiger partial charge in [0.2, 0.25) is 8.32 Å². The Morgan fingerprint density at radius 3 is 1.62 bits per heavy atom. The molecule has 3 aromatic rings. The Bertz CT molecular complexity index is 1160. The van der Waals surface area contributed by atoms with E-state index in [4.69, 9.17) is 9.16 Å². The second-order valence-electron chi connectivity index (χ2n) is 10.7. The van der Waals surface area contributed by atoms with Crippen molar-refractivity contribution >= 4 is 14.3 Å². The van der Waals surface area contributed by atoms with Gasteiger partial charge < -0.3 is 14.3 Å². The van der Waals surface area contributed by atoms with Crippen LogP contribution in [-0.4, -0.2) is 26.5 Å². The van der Waals surface area contributed by atoms with Gasteiger partial charge in [-0.05, 0) is 64.7 Å². The first-order valence-corrected chi connectivity index (χ1v) is 14.7. The van der Waals surface area contributed by atoms with Crippen LogP contribution in [0, 0.1) is 5.92 Å². The number of ether oxygens (including phenoxy) is 1. The van der Waals surface area contributed by atoms with E-state index in [2.05, 4.69) is 46.0 Å². The molecule has 0 saturated heterocycles. The highest BCUT2D eigenvalue weighted by molar-refractivity contribution is 6.74. The minimum Gasteiger partial charge on any atom is -0.544 e. The van der Waals surface area contributed by atoms with Crippen molar-refractivity contribution in [3.05, 3.63) is 95.1 Å². The van der Waals surface area contributed by atoms with E-state index in [9.17, 15) is 9.90 Å². The van der Waals surface area contributed by atoms with Crippen molar-refractivity contribution in [2.45, 2.75) is 50.7 Å². The number of rotatable bonds is 6. The largest absolute Gasteiger partial charge is 0.544 e. The van der Waals surface area contributed by atoms with E-state index in [0.29, 0.717) is 0 Å². The summed E-state index contributed by atoms with van der Waals surface area (Å²) in [5.41, 5.74) is 4.14. The topological polar surface area (TPSA) is 55.8 Å². The lowest BCUT2D eigenvalue weighted by molar-refractivity contribution is -0.142. The minimum absolute atomic E-state index is 0.107. The summed E-state index contributed by atoms with van der Waals surface area (Å²) in [7, 11) is -0.318. The molecule has 34 heavy (non-hydrogen) atoms. The van der Waals surface area contributed by atoms with Gasteiger partial charge in [0.05, 0.1) is 13.0 Å². The second kappa shape index (κ2) is 8.95.